The zero-order valence-corrected chi connectivity index (χ0v) is 7.96. The molecule has 1 aliphatic rings. The van der Waals surface area contributed by atoms with Crippen LogP contribution in [-0.4, -0.2) is 23.9 Å². The molecule has 1 amide bonds. The van der Waals surface area contributed by atoms with Gasteiger partial charge in [0.05, 0.1) is 6.07 Å². The maximum atomic E-state index is 11.5. The molecule has 0 aromatic rings. The fourth-order valence-corrected chi connectivity index (χ4v) is 1.62. The SMILES string of the molecule is N#CCCCN1CCCCCC1=O. The molecule has 1 rings (SSSR count). The van der Waals surface area contributed by atoms with Crippen LogP contribution in [0.15, 0.2) is 0 Å². The molecule has 0 aliphatic carbocycles. The van der Waals surface area contributed by atoms with E-state index >= 15 is 0 Å². The Bertz CT molecular complexity index is 207. The Labute approximate surface area is 79.3 Å². The van der Waals surface area contributed by atoms with Crippen LogP contribution in [-0.2, 0) is 4.79 Å². The van der Waals surface area contributed by atoms with Gasteiger partial charge in [-0.15, -0.1) is 0 Å². The highest BCUT2D eigenvalue weighted by molar-refractivity contribution is 5.76. The molecule has 0 saturated carbocycles. The first-order valence-electron chi connectivity index (χ1n) is 4.99. The lowest BCUT2D eigenvalue weighted by atomic mass is 10.2. The summed E-state index contributed by atoms with van der Waals surface area (Å²) in [6.45, 7) is 1.66. The van der Waals surface area contributed by atoms with Crippen molar-refractivity contribution in [3.8, 4) is 6.07 Å². The smallest absolute Gasteiger partial charge is 0.222 e. The first kappa shape index (κ1) is 10.0. The van der Waals surface area contributed by atoms with Gasteiger partial charge < -0.3 is 4.90 Å². The number of amides is 1. The second-order valence-electron chi connectivity index (χ2n) is 3.45. The highest BCUT2D eigenvalue weighted by Crippen LogP contribution is 2.11. The van der Waals surface area contributed by atoms with Gasteiger partial charge in [0, 0.05) is 25.9 Å². The van der Waals surface area contributed by atoms with E-state index in [1.165, 1.54) is 6.42 Å². The second kappa shape index (κ2) is 5.58. The van der Waals surface area contributed by atoms with Crippen molar-refractivity contribution in [3.05, 3.63) is 0 Å². The molecular formula is C10H16N2O. The monoisotopic (exact) mass is 180 g/mol. The van der Waals surface area contributed by atoms with Gasteiger partial charge in [0.15, 0.2) is 0 Å². The Balaban J connectivity index is 2.29. The molecule has 3 nitrogen and oxygen atoms in total. The predicted molar refractivity (Wildman–Crippen MR) is 49.9 cm³/mol. The number of rotatable bonds is 3. The van der Waals surface area contributed by atoms with Crippen LogP contribution in [0.4, 0.5) is 0 Å². The van der Waals surface area contributed by atoms with Crippen molar-refractivity contribution in [2.24, 2.45) is 0 Å². The Hall–Kier alpha value is -1.04. The Morgan fingerprint density at radius 2 is 2.23 bits per heavy atom. The van der Waals surface area contributed by atoms with E-state index in [4.69, 9.17) is 5.26 Å². The quantitative estimate of drug-likeness (QED) is 0.620. The van der Waals surface area contributed by atoms with E-state index in [2.05, 4.69) is 6.07 Å². The van der Waals surface area contributed by atoms with Crippen molar-refractivity contribution >= 4 is 5.91 Å². The van der Waals surface area contributed by atoms with E-state index < -0.39 is 0 Å². The van der Waals surface area contributed by atoms with E-state index in [1.54, 1.807) is 0 Å². The van der Waals surface area contributed by atoms with Gasteiger partial charge in [0.2, 0.25) is 5.91 Å². The molecule has 0 bridgehead atoms. The van der Waals surface area contributed by atoms with Gasteiger partial charge in [-0.05, 0) is 19.3 Å². The maximum absolute atomic E-state index is 11.5. The van der Waals surface area contributed by atoms with Gasteiger partial charge >= 0.3 is 0 Å². The van der Waals surface area contributed by atoms with Crippen LogP contribution in [0.25, 0.3) is 0 Å². The average molecular weight is 180 g/mol. The molecule has 1 aliphatic heterocycles. The van der Waals surface area contributed by atoms with E-state index in [9.17, 15) is 4.79 Å². The fourth-order valence-electron chi connectivity index (χ4n) is 1.62. The number of likely N-dealkylation sites (tertiary alicyclic amines) is 1. The van der Waals surface area contributed by atoms with Crippen molar-refractivity contribution in [2.75, 3.05) is 13.1 Å². The van der Waals surface area contributed by atoms with Gasteiger partial charge in [-0.25, -0.2) is 0 Å². The molecule has 0 aromatic heterocycles. The second-order valence-corrected chi connectivity index (χ2v) is 3.45. The number of unbranched alkanes of at least 4 members (excludes halogenated alkanes) is 1. The summed E-state index contributed by atoms with van der Waals surface area (Å²) in [5.41, 5.74) is 0. The molecule has 0 radical (unpaired) electrons. The molecule has 1 fully saturated rings. The van der Waals surface area contributed by atoms with Crippen molar-refractivity contribution in [3.63, 3.8) is 0 Å². The molecule has 72 valence electrons. The highest BCUT2D eigenvalue weighted by Gasteiger charge is 2.15. The number of hydrogen-bond donors (Lipinski definition) is 0. The summed E-state index contributed by atoms with van der Waals surface area (Å²) in [5.74, 6) is 0.274. The number of carbonyl (C=O) groups excluding carboxylic acids is 1. The third kappa shape index (κ3) is 3.45. The van der Waals surface area contributed by atoms with Crippen LogP contribution < -0.4 is 0 Å². The van der Waals surface area contributed by atoms with Crippen LogP contribution in [0.2, 0.25) is 0 Å². The molecule has 3 heteroatoms. The number of nitrogens with zero attached hydrogens (tertiary/aromatic N) is 2. The average Bonchev–Trinajstić information content (AvgIpc) is 2.32. The first-order valence-corrected chi connectivity index (χ1v) is 4.99. The van der Waals surface area contributed by atoms with Crippen LogP contribution in [0.1, 0.15) is 38.5 Å². The number of nitriles is 1. The van der Waals surface area contributed by atoms with Crippen molar-refractivity contribution < 1.29 is 4.79 Å². The van der Waals surface area contributed by atoms with Crippen molar-refractivity contribution in [2.45, 2.75) is 38.5 Å². The third-order valence-corrected chi connectivity index (χ3v) is 2.39. The standard InChI is InChI=1S/C10H16N2O/c11-7-3-5-9-12-8-4-1-2-6-10(12)13/h1-6,8-9H2. The minimum absolute atomic E-state index is 0.274. The lowest BCUT2D eigenvalue weighted by Crippen LogP contribution is -2.31. The maximum Gasteiger partial charge on any atom is 0.222 e. The van der Waals surface area contributed by atoms with Gasteiger partial charge in [0.25, 0.3) is 0 Å². The number of hydrogen-bond acceptors (Lipinski definition) is 2. The van der Waals surface area contributed by atoms with E-state index in [-0.39, 0.29) is 5.91 Å². The van der Waals surface area contributed by atoms with Crippen LogP contribution in [0, 0.1) is 11.3 Å². The van der Waals surface area contributed by atoms with E-state index in [1.807, 2.05) is 4.90 Å². The molecule has 13 heavy (non-hydrogen) atoms. The first-order chi connectivity index (χ1) is 6.34. The summed E-state index contributed by atoms with van der Waals surface area (Å²) >= 11 is 0. The van der Waals surface area contributed by atoms with Crippen LogP contribution in [0.3, 0.4) is 0 Å². The normalized spacial score (nSPS) is 18.1. The molecule has 0 atom stereocenters. The van der Waals surface area contributed by atoms with Crippen molar-refractivity contribution in [1.82, 2.24) is 4.90 Å². The molecule has 1 saturated heterocycles. The summed E-state index contributed by atoms with van der Waals surface area (Å²) < 4.78 is 0. The molecule has 0 unspecified atom stereocenters. The van der Waals surface area contributed by atoms with Crippen LogP contribution in [0.5, 0.6) is 0 Å². The Kier molecular flexibility index (Phi) is 4.31. The van der Waals surface area contributed by atoms with Gasteiger partial charge in [0.1, 0.15) is 0 Å². The summed E-state index contributed by atoms with van der Waals surface area (Å²) in [6, 6.07) is 2.10. The van der Waals surface area contributed by atoms with Crippen molar-refractivity contribution in [1.29, 1.82) is 5.26 Å². The zero-order valence-electron chi connectivity index (χ0n) is 7.96. The summed E-state index contributed by atoms with van der Waals surface area (Å²) in [6.07, 6.45) is 5.41. The van der Waals surface area contributed by atoms with E-state index in [0.29, 0.717) is 12.8 Å². The summed E-state index contributed by atoms with van der Waals surface area (Å²) in [7, 11) is 0. The molecule has 0 N–H and O–H groups in total. The molecule has 0 aromatic carbocycles. The topological polar surface area (TPSA) is 44.1 Å². The van der Waals surface area contributed by atoms with Crippen LogP contribution >= 0.6 is 0 Å². The zero-order chi connectivity index (χ0) is 9.52. The minimum Gasteiger partial charge on any atom is -0.343 e. The molecular weight excluding hydrogens is 164 g/mol. The van der Waals surface area contributed by atoms with Gasteiger partial charge in [-0.3, -0.25) is 4.79 Å². The fraction of sp³-hybridized carbons (Fsp3) is 0.800. The lowest BCUT2D eigenvalue weighted by Gasteiger charge is -2.19. The molecule has 0 spiro atoms. The highest BCUT2D eigenvalue weighted by atomic mass is 16.2. The lowest BCUT2D eigenvalue weighted by molar-refractivity contribution is -0.130. The summed E-state index contributed by atoms with van der Waals surface area (Å²) in [5, 5.41) is 8.36. The number of carbonyl (C=O) groups is 1. The minimum atomic E-state index is 0.274. The largest absolute Gasteiger partial charge is 0.343 e. The predicted octanol–water partition coefficient (Wildman–Crippen LogP) is 1.69. The molecule has 1 heterocycles. The van der Waals surface area contributed by atoms with Gasteiger partial charge in [-0.2, -0.15) is 5.26 Å². The van der Waals surface area contributed by atoms with E-state index in [0.717, 1.165) is 32.4 Å². The van der Waals surface area contributed by atoms with Gasteiger partial charge in [-0.1, -0.05) is 6.42 Å². The Morgan fingerprint density at radius 1 is 1.38 bits per heavy atom. The summed E-state index contributed by atoms with van der Waals surface area (Å²) in [4.78, 5) is 13.4. The Morgan fingerprint density at radius 3 is 3.00 bits per heavy atom. The third-order valence-electron chi connectivity index (χ3n) is 2.39.